The van der Waals surface area contributed by atoms with Gasteiger partial charge < -0.3 is 15.2 Å². The van der Waals surface area contributed by atoms with E-state index in [1.807, 2.05) is 20.8 Å². The van der Waals surface area contributed by atoms with Crippen LogP contribution in [0.2, 0.25) is 0 Å². The van der Waals surface area contributed by atoms with Crippen LogP contribution in [0.15, 0.2) is 0 Å². The number of nitrogens with one attached hydrogen (secondary N) is 1. The molecule has 0 aliphatic heterocycles. The average molecular weight is 282 g/mol. The highest BCUT2D eigenvalue weighted by Gasteiger charge is 2.28. The van der Waals surface area contributed by atoms with Crippen LogP contribution in [-0.2, 0) is 4.74 Å². The van der Waals surface area contributed by atoms with Crippen molar-refractivity contribution in [2.24, 2.45) is 0 Å². The summed E-state index contributed by atoms with van der Waals surface area (Å²) in [6, 6.07) is 0. The zero-order chi connectivity index (χ0) is 12.1. The molecule has 0 fully saturated rings. The number of carbonyl (C=O) groups is 1. The van der Waals surface area contributed by atoms with E-state index in [0.29, 0.717) is 5.33 Å². The lowest BCUT2D eigenvalue weighted by Gasteiger charge is -2.29. The molecular weight excluding hydrogens is 262 g/mol. The Balaban J connectivity index is 4.26. The van der Waals surface area contributed by atoms with Gasteiger partial charge in [-0.15, -0.1) is 0 Å². The minimum atomic E-state index is -0.680. The lowest BCUT2D eigenvalue weighted by atomic mass is 10.1. The molecule has 0 heterocycles. The van der Waals surface area contributed by atoms with Crippen molar-refractivity contribution in [3.05, 3.63) is 0 Å². The third-order valence-electron chi connectivity index (χ3n) is 2.27. The molecule has 15 heavy (non-hydrogen) atoms. The van der Waals surface area contributed by atoms with Crippen LogP contribution in [0.5, 0.6) is 0 Å². The Kier molecular flexibility index (Phi) is 5.59. The van der Waals surface area contributed by atoms with Crippen LogP contribution in [0.4, 0.5) is 4.79 Å². The van der Waals surface area contributed by atoms with Gasteiger partial charge in [-0.25, -0.2) is 4.79 Å². The normalized spacial score (nSPS) is 15.6. The predicted molar refractivity (Wildman–Crippen MR) is 63.3 cm³/mol. The summed E-state index contributed by atoms with van der Waals surface area (Å²) in [5.41, 5.74) is -1.16. The molecule has 0 aromatic carbocycles. The smallest absolute Gasteiger partial charge is 0.408 e. The van der Waals surface area contributed by atoms with E-state index in [1.165, 1.54) is 0 Å². The highest BCUT2D eigenvalue weighted by molar-refractivity contribution is 9.09. The number of ether oxygens (including phenoxy) is 1. The van der Waals surface area contributed by atoms with E-state index >= 15 is 0 Å². The molecule has 0 saturated heterocycles. The maximum Gasteiger partial charge on any atom is 0.408 e. The minimum absolute atomic E-state index is 0.139. The van der Waals surface area contributed by atoms with Crippen LogP contribution in [0.3, 0.4) is 0 Å². The summed E-state index contributed by atoms with van der Waals surface area (Å²) in [7, 11) is 0. The highest BCUT2D eigenvalue weighted by atomic mass is 79.9. The second-order valence-corrected chi connectivity index (χ2v) is 5.04. The van der Waals surface area contributed by atoms with E-state index in [-0.39, 0.29) is 6.61 Å². The first-order valence-corrected chi connectivity index (χ1v) is 6.09. The number of halogens is 1. The van der Waals surface area contributed by atoms with Gasteiger partial charge in [-0.05, 0) is 27.2 Å². The third kappa shape index (κ3) is 5.37. The van der Waals surface area contributed by atoms with Gasteiger partial charge >= 0.3 is 6.09 Å². The molecule has 0 aromatic heterocycles. The van der Waals surface area contributed by atoms with E-state index in [4.69, 9.17) is 9.84 Å². The third-order valence-corrected chi connectivity index (χ3v) is 3.51. The van der Waals surface area contributed by atoms with Crippen LogP contribution in [0, 0.1) is 0 Å². The number of hydrogen-bond donors (Lipinski definition) is 2. The van der Waals surface area contributed by atoms with Gasteiger partial charge in [0.25, 0.3) is 0 Å². The number of aliphatic hydroxyl groups is 1. The number of rotatable bonds is 5. The summed E-state index contributed by atoms with van der Waals surface area (Å²) >= 11 is 3.23. The van der Waals surface area contributed by atoms with Crippen LogP contribution in [0.25, 0.3) is 0 Å². The Bertz CT molecular complexity index is 215. The molecule has 2 N–H and O–H groups in total. The molecule has 4 nitrogen and oxygen atoms in total. The van der Waals surface area contributed by atoms with E-state index in [9.17, 15) is 4.79 Å². The monoisotopic (exact) mass is 281 g/mol. The SMILES string of the molecule is CCC(C)(C)OC(=O)NC(C)(CO)CBr. The fourth-order valence-corrected chi connectivity index (χ4v) is 1.03. The Morgan fingerprint density at radius 3 is 2.33 bits per heavy atom. The van der Waals surface area contributed by atoms with Gasteiger partial charge in [0.05, 0.1) is 12.1 Å². The van der Waals surface area contributed by atoms with Crippen LogP contribution < -0.4 is 5.32 Å². The molecule has 0 aromatic rings. The number of aliphatic hydroxyl groups excluding tert-OH is 1. The van der Waals surface area contributed by atoms with Gasteiger partial charge in [0, 0.05) is 5.33 Å². The standard InChI is InChI=1S/C10H20BrNO3/c1-5-9(2,3)15-8(14)12-10(4,6-11)7-13/h13H,5-7H2,1-4H3,(H,12,14). The first-order valence-electron chi connectivity index (χ1n) is 4.96. The Labute approximate surface area is 99.5 Å². The quantitative estimate of drug-likeness (QED) is 0.759. The van der Waals surface area contributed by atoms with Crippen molar-refractivity contribution < 1.29 is 14.6 Å². The first kappa shape index (κ1) is 14.7. The van der Waals surface area contributed by atoms with Gasteiger partial charge in [-0.3, -0.25) is 0 Å². The van der Waals surface area contributed by atoms with Crippen molar-refractivity contribution in [1.82, 2.24) is 5.32 Å². The van der Waals surface area contributed by atoms with Crippen molar-refractivity contribution in [3.8, 4) is 0 Å². The van der Waals surface area contributed by atoms with Gasteiger partial charge in [-0.1, -0.05) is 22.9 Å². The van der Waals surface area contributed by atoms with Crippen LogP contribution >= 0.6 is 15.9 Å². The summed E-state index contributed by atoms with van der Waals surface area (Å²) in [6.07, 6.45) is 0.239. The molecule has 5 heteroatoms. The Morgan fingerprint density at radius 1 is 1.47 bits per heavy atom. The molecule has 0 radical (unpaired) electrons. The molecule has 0 aliphatic carbocycles. The molecule has 90 valence electrons. The van der Waals surface area contributed by atoms with Crippen molar-refractivity contribution in [3.63, 3.8) is 0 Å². The van der Waals surface area contributed by atoms with E-state index < -0.39 is 17.2 Å². The van der Waals surface area contributed by atoms with Gasteiger partial charge in [0.1, 0.15) is 5.60 Å². The topological polar surface area (TPSA) is 58.6 Å². The summed E-state index contributed by atoms with van der Waals surface area (Å²) in [4.78, 5) is 11.5. The van der Waals surface area contributed by atoms with Gasteiger partial charge in [0.2, 0.25) is 0 Å². The van der Waals surface area contributed by atoms with E-state index in [2.05, 4.69) is 21.2 Å². The molecule has 1 atom stereocenters. The summed E-state index contributed by atoms with van der Waals surface area (Å²) in [5.74, 6) is 0. The Hall–Kier alpha value is -0.290. The largest absolute Gasteiger partial charge is 0.444 e. The first-order chi connectivity index (χ1) is 6.78. The fraction of sp³-hybridized carbons (Fsp3) is 0.900. The summed E-state index contributed by atoms with van der Waals surface area (Å²) < 4.78 is 5.20. The molecular formula is C10H20BrNO3. The van der Waals surface area contributed by atoms with Crippen molar-refractivity contribution in [2.45, 2.75) is 45.3 Å². The average Bonchev–Trinajstić information content (AvgIpc) is 2.16. The maximum absolute atomic E-state index is 11.5. The number of hydrogen-bond acceptors (Lipinski definition) is 3. The van der Waals surface area contributed by atoms with Crippen molar-refractivity contribution in [2.75, 3.05) is 11.9 Å². The molecule has 0 bridgehead atoms. The van der Waals surface area contributed by atoms with E-state index in [1.54, 1.807) is 6.92 Å². The van der Waals surface area contributed by atoms with Crippen molar-refractivity contribution in [1.29, 1.82) is 0 Å². The lowest BCUT2D eigenvalue weighted by Crippen LogP contribution is -2.52. The number of alkyl halides is 1. The zero-order valence-electron chi connectivity index (χ0n) is 9.76. The molecule has 0 rings (SSSR count). The molecule has 1 unspecified atom stereocenters. The van der Waals surface area contributed by atoms with Gasteiger partial charge in [-0.2, -0.15) is 0 Å². The van der Waals surface area contributed by atoms with Crippen molar-refractivity contribution >= 4 is 22.0 Å². The molecule has 0 aliphatic rings. The van der Waals surface area contributed by atoms with E-state index in [0.717, 1.165) is 6.42 Å². The number of alkyl carbamates (subject to hydrolysis) is 1. The Morgan fingerprint density at radius 2 is 2.00 bits per heavy atom. The number of amides is 1. The molecule has 0 saturated carbocycles. The fourth-order valence-electron chi connectivity index (χ4n) is 0.710. The van der Waals surface area contributed by atoms with Gasteiger partial charge in [0.15, 0.2) is 0 Å². The zero-order valence-corrected chi connectivity index (χ0v) is 11.3. The second-order valence-electron chi connectivity index (χ2n) is 4.48. The van der Waals surface area contributed by atoms with Crippen LogP contribution in [0.1, 0.15) is 34.1 Å². The summed E-state index contributed by atoms with van der Waals surface area (Å²) in [5, 5.41) is 12.2. The summed E-state index contributed by atoms with van der Waals surface area (Å²) in [6.45, 7) is 7.23. The highest BCUT2D eigenvalue weighted by Crippen LogP contribution is 2.15. The predicted octanol–water partition coefficient (Wildman–Crippen LogP) is 2.05. The molecule has 1 amide bonds. The molecule has 0 spiro atoms. The second kappa shape index (κ2) is 5.70. The lowest BCUT2D eigenvalue weighted by molar-refractivity contribution is 0.0287. The number of carbonyl (C=O) groups excluding carboxylic acids is 1. The van der Waals surface area contributed by atoms with Crippen LogP contribution in [-0.4, -0.2) is 34.3 Å². The minimum Gasteiger partial charge on any atom is -0.444 e. The maximum atomic E-state index is 11.5.